The number of hydrogen-bond acceptors (Lipinski definition) is 5. The topological polar surface area (TPSA) is 102 Å². The highest BCUT2D eigenvalue weighted by Crippen LogP contribution is 2.26. The Kier molecular flexibility index (Phi) is 5.91. The number of carbonyl (C=O) groups excluding carboxylic acids is 1. The Morgan fingerprint density at radius 1 is 1.33 bits per heavy atom. The van der Waals surface area contributed by atoms with Gasteiger partial charge in [0.1, 0.15) is 5.69 Å². The Morgan fingerprint density at radius 3 is 2.62 bits per heavy atom. The summed E-state index contributed by atoms with van der Waals surface area (Å²) in [4.78, 5) is 22.6. The summed E-state index contributed by atoms with van der Waals surface area (Å²) in [6.45, 7) is 2.55. The van der Waals surface area contributed by atoms with Crippen molar-refractivity contribution in [1.82, 2.24) is 15.1 Å². The first-order valence-electron chi connectivity index (χ1n) is 7.35. The molecule has 1 aromatic carbocycles. The van der Waals surface area contributed by atoms with Gasteiger partial charge in [-0.2, -0.15) is 5.10 Å². The highest BCUT2D eigenvalue weighted by molar-refractivity contribution is 9.10. The number of carbonyl (C=O) groups is 1. The van der Waals surface area contributed by atoms with Crippen molar-refractivity contribution in [3.8, 4) is 0 Å². The monoisotopic (exact) mass is 395 g/mol. The lowest BCUT2D eigenvalue weighted by molar-refractivity contribution is -0.384. The molecule has 1 aromatic heterocycles. The van der Waals surface area contributed by atoms with Crippen molar-refractivity contribution in [3.63, 3.8) is 0 Å². The van der Waals surface area contributed by atoms with E-state index in [9.17, 15) is 14.9 Å². The Morgan fingerprint density at radius 2 is 2.00 bits per heavy atom. The number of rotatable bonds is 7. The normalized spacial score (nSPS) is 10.5. The molecule has 2 aromatic rings. The second kappa shape index (κ2) is 7.91. The molecule has 1 amide bonds. The molecule has 0 bridgehead atoms. The lowest BCUT2D eigenvalue weighted by Crippen LogP contribution is -2.26. The molecule has 9 heteroatoms. The number of hydrogen-bond donors (Lipinski definition) is 2. The van der Waals surface area contributed by atoms with Crippen LogP contribution in [-0.2, 0) is 7.05 Å². The molecule has 2 rings (SSSR count). The first-order chi connectivity index (χ1) is 11.4. The zero-order chi connectivity index (χ0) is 17.7. The van der Waals surface area contributed by atoms with E-state index in [0.29, 0.717) is 36.6 Å². The summed E-state index contributed by atoms with van der Waals surface area (Å²) in [6.07, 6.45) is 0.629. The van der Waals surface area contributed by atoms with E-state index in [1.54, 1.807) is 38.2 Å². The Labute approximate surface area is 147 Å². The predicted octanol–water partition coefficient (Wildman–Crippen LogP) is 2.63. The van der Waals surface area contributed by atoms with E-state index in [4.69, 9.17) is 0 Å². The Balaban J connectivity index is 1.81. The molecular formula is C15H18BrN5O3. The summed E-state index contributed by atoms with van der Waals surface area (Å²) in [7, 11) is 1.65. The Hall–Kier alpha value is -2.42. The van der Waals surface area contributed by atoms with Gasteiger partial charge in [0.2, 0.25) is 5.82 Å². The Bertz CT molecular complexity index is 742. The molecule has 0 atom stereocenters. The number of amides is 1. The fourth-order valence-electron chi connectivity index (χ4n) is 2.26. The van der Waals surface area contributed by atoms with E-state index in [2.05, 4.69) is 31.7 Å². The molecule has 0 saturated carbocycles. The van der Waals surface area contributed by atoms with Gasteiger partial charge in [-0.25, -0.2) is 4.68 Å². The van der Waals surface area contributed by atoms with Crippen molar-refractivity contribution < 1.29 is 9.72 Å². The number of nitro groups is 1. The lowest BCUT2D eigenvalue weighted by atomic mass is 10.2. The fraction of sp³-hybridized carbons (Fsp3) is 0.333. The van der Waals surface area contributed by atoms with E-state index >= 15 is 0 Å². The molecular weight excluding hydrogens is 378 g/mol. The van der Waals surface area contributed by atoms with Crippen molar-refractivity contribution in [2.45, 2.75) is 13.3 Å². The van der Waals surface area contributed by atoms with Gasteiger partial charge in [0.15, 0.2) is 0 Å². The number of anilines is 1. The molecule has 0 fully saturated rings. The summed E-state index contributed by atoms with van der Waals surface area (Å²) in [5.41, 5.74) is 0.939. The van der Waals surface area contributed by atoms with E-state index in [1.165, 1.54) is 4.68 Å². The van der Waals surface area contributed by atoms with Crippen LogP contribution in [0.1, 0.15) is 22.5 Å². The highest BCUT2D eigenvalue weighted by Gasteiger charge is 2.23. The fourth-order valence-corrected chi connectivity index (χ4v) is 2.53. The van der Waals surface area contributed by atoms with Crippen LogP contribution in [-0.4, -0.2) is 33.7 Å². The average Bonchev–Trinajstić information content (AvgIpc) is 2.81. The van der Waals surface area contributed by atoms with Crippen LogP contribution in [0.2, 0.25) is 0 Å². The van der Waals surface area contributed by atoms with Crippen molar-refractivity contribution in [2.75, 3.05) is 18.4 Å². The van der Waals surface area contributed by atoms with Crippen LogP contribution in [0.3, 0.4) is 0 Å². The van der Waals surface area contributed by atoms with Gasteiger partial charge >= 0.3 is 5.69 Å². The van der Waals surface area contributed by atoms with Crippen LogP contribution >= 0.6 is 15.9 Å². The third-order valence-corrected chi connectivity index (χ3v) is 3.94. The first kappa shape index (κ1) is 17.9. The number of aryl methyl sites for hydroxylation is 2. The quantitative estimate of drug-likeness (QED) is 0.426. The van der Waals surface area contributed by atoms with E-state index in [1.807, 2.05) is 0 Å². The molecule has 1 heterocycles. The maximum atomic E-state index is 11.9. The second-order valence-corrected chi connectivity index (χ2v) is 6.12. The summed E-state index contributed by atoms with van der Waals surface area (Å²) >= 11 is 3.32. The highest BCUT2D eigenvalue weighted by atomic mass is 79.9. The number of nitrogens with zero attached hydrogens (tertiary/aromatic N) is 3. The number of benzene rings is 1. The number of halogens is 1. The van der Waals surface area contributed by atoms with Crippen LogP contribution in [0.4, 0.5) is 11.5 Å². The van der Waals surface area contributed by atoms with Gasteiger partial charge in [-0.05, 0) is 37.6 Å². The first-order valence-corrected chi connectivity index (χ1v) is 8.15. The third-order valence-electron chi connectivity index (χ3n) is 3.41. The van der Waals surface area contributed by atoms with Crippen molar-refractivity contribution in [3.05, 3.63) is 50.1 Å². The van der Waals surface area contributed by atoms with Crippen LogP contribution in [0.5, 0.6) is 0 Å². The van der Waals surface area contributed by atoms with Crippen LogP contribution in [0, 0.1) is 17.0 Å². The summed E-state index contributed by atoms with van der Waals surface area (Å²) in [5.74, 6) is 0.224. The number of nitrogens with one attached hydrogen (secondary N) is 2. The molecule has 0 aliphatic carbocycles. The lowest BCUT2D eigenvalue weighted by Gasteiger charge is -2.07. The minimum Gasteiger partial charge on any atom is -0.364 e. The van der Waals surface area contributed by atoms with E-state index in [-0.39, 0.29) is 11.6 Å². The largest absolute Gasteiger partial charge is 0.364 e. The van der Waals surface area contributed by atoms with E-state index < -0.39 is 4.92 Å². The van der Waals surface area contributed by atoms with E-state index in [0.717, 1.165) is 4.47 Å². The molecule has 0 unspecified atom stereocenters. The second-order valence-electron chi connectivity index (χ2n) is 5.21. The molecule has 0 spiro atoms. The van der Waals surface area contributed by atoms with Gasteiger partial charge in [0, 0.05) is 30.2 Å². The van der Waals surface area contributed by atoms with Gasteiger partial charge in [0.05, 0.1) is 4.92 Å². The predicted molar refractivity (Wildman–Crippen MR) is 94.2 cm³/mol. The summed E-state index contributed by atoms with van der Waals surface area (Å²) in [6, 6.07) is 7.08. The van der Waals surface area contributed by atoms with Gasteiger partial charge in [-0.1, -0.05) is 15.9 Å². The molecule has 128 valence electrons. The van der Waals surface area contributed by atoms with Crippen molar-refractivity contribution >= 4 is 33.3 Å². The molecule has 0 saturated heterocycles. The zero-order valence-corrected chi connectivity index (χ0v) is 15.0. The standard InChI is InChI=1S/C15H18BrN5O3/c1-10-13(21(23)24)14(20(2)19-10)17-8-3-9-18-15(22)11-4-6-12(16)7-5-11/h4-7,17H,3,8-9H2,1-2H3,(H,18,22). The summed E-state index contributed by atoms with van der Waals surface area (Å²) in [5, 5.41) is 20.9. The third kappa shape index (κ3) is 4.31. The van der Waals surface area contributed by atoms with Crippen LogP contribution < -0.4 is 10.6 Å². The van der Waals surface area contributed by atoms with Gasteiger partial charge < -0.3 is 10.6 Å². The van der Waals surface area contributed by atoms with Crippen LogP contribution in [0.25, 0.3) is 0 Å². The minimum absolute atomic E-state index is 0.0172. The smallest absolute Gasteiger partial charge is 0.333 e. The number of aromatic nitrogens is 2. The minimum atomic E-state index is -0.444. The molecule has 24 heavy (non-hydrogen) atoms. The molecule has 0 radical (unpaired) electrons. The zero-order valence-electron chi connectivity index (χ0n) is 13.4. The average molecular weight is 396 g/mol. The molecule has 2 N–H and O–H groups in total. The SMILES string of the molecule is Cc1nn(C)c(NCCCNC(=O)c2ccc(Br)cc2)c1[N+](=O)[O-]. The van der Waals surface area contributed by atoms with Gasteiger partial charge in [-0.15, -0.1) is 0 Å². The maximum Gasteiger partial charge on any atom is 0.333 e. The van der Waals surface area contributed by atoms with Crippen molar-refractivity contribution in [1.29, 1.82) is 0 Å². The maximum absolute atomic E-state index is 11.9. The van der Waals surface area contributed by atoms with Gasteiger partial charge in [0.25, 0.3) is 5.91 Å². The molecule has 0 aliphatic rings. The molecule has 8 nitrogen and oxygen atoms in total. The van der Waals surface area contributed by atoms with Crippen LogP contribution in [0.15, 0.2) is 28.7 Å². The molecule has 0 aliphatic heterocycles. The summed E-state index contributed by atoms with van der Waals surface area (Å²) < 4.78 is 2.37. The van der Waals surface area contributed by atoms with Crippen molar-refractivity contribution in [2.24, 2.45) is 7.05 Å². The van der Waals surface area contributed by atoms with Gasteiger partial charge in [-0.3, -0.25) is 14.9 Å².